The van der Waals surface area contributed by atoms with Gasteiger partial charge in [-0.25, -0.2) is 0 Å². The molecule has 0 bridgehead atoms. The number of nitriles is 1. The van der Waals surface area contributed by atoms with Crippen LogP contribution in [0.4, 0.5) is 5.69 Å². The van der Waals surface area contributed by atoms with Crippen LogP contribution in [0.1, 0.15) is 25.8 Å². The van der Waals surface area contributed by atoms with Crippen molar-refractivity contribution in [2.24, 2.45) is 0 Å². The molecule has 2 rings (SSSR count). The van der Waals surface area contributed by atoms with Crippen molar-refractivity contribution in [1.82, 2.24) is 0 Å². The van der Waals surface area contributed by atoms with Gasteiger partial charge in [0.25, 0.3) is 5.91 Å². The SMILES string of the molecule is CCCOc1ccc(/C=C(\C#N)C(=O)Nc2ccc(OCC)cc2)cc1. The number of benzene rings is 2. The van der Waals surface area contributed by atoms with E-state index < -0.39 is 5.91 Å². The summed E-state index contributed by atoms with van der Waals surface area (Å²) in [6, 6.07) is 16.2. The van der Waals surface area contributed by atoms with Crippen LogP contribution in [0.25, 0.3) is 6.08 Å². The maximum absolute atomic E-state index is 12.3. The summed E-state index contributed by atoms with van der Waals surface area (Å²) in [5.41, 5.74) is 1.39. The molecule has 2 aromatic rings. The number of rotatable bonds is 8. The van der Waals surface area contributed by atoms with Crippen molar-refractivity contribution in [2.75, 3.05) is 18.5 Å². The highest BCUT2D eigenvalue weighted by atomic mass is 16.5. The molecule has 2 aromatic carbocycles. The first-order valence-electron chi connectivity index (χ1n) is 8.55. The maximum atomic E-state index is 12.3. The molecule has 5 heteroatoms. The standard InChI is InChI=1S/C21H22N2O3/c1-3-13-26-20-9-5-16(6-10-20)14-17(15-22)21(24)23-18-7-11-19(12-8-18)25-4-2/h5-12,14H,3-4,13H2,1-2H3,(H,23,24)/b17-14+. The monoisotopic (exact) mass is 350 g/mol. The van der Waals surface area contributed by atoms with E-state index in [-0.39, 0.29) is 5.57 Å². The van der Waals surface area contributed by atoms with Gasteiger partial charge >= 0.3 is 0 Å². The second kappa shape index (κ2) is 9.90. The lowest BCUT2D eigenvalue weighted by Gasteiger charge is -2.07. The average molecular weight is 350 g/mol. The maximum Gasteiger partial charge on any atom is 0.266 e. The molecule has 1 N–H and O–H groups in total. The zero-order valence-electron chi connectivity index (χ0n) is 15.0. The second-order valence-electron chi connectivity index (χ2n) is 5.50. The Morgan fingerprint density at radius 3 is 2.23 bits per heavy atom. The van der Waals surface area contributed by atoms with E-state index in [4.69, 9.17) is 9.47 Å². The van der Waals surface area contributed by atoms with Gasteiger partial charge in [-0.3, -0.25) is 4.79 Å². The first kappa shape index (κ1) is 19.1. The van der Waals surface area contributed by atoms with E-state index in [1.54, 1.807) is 30.3 Å². The molecule has 0 fully saturated rings. The molecule has 0 saturated carbocycles. The summed E-state index contributed by atoms with van der Waals surface area (Å²) in [5, 5.41) is 12.0. The number of carbonyl (C=O) groups excluding carboxylic acids is 1. The topological polar surface area (TPSA) is 71.3 Å². The average Bonchev–Trinajstić information content (AvgIpc) is 2.67. The summed E-state index contributed by atoms with van der Waals surface area (Å²) >= 11 is 0. The van der Waals surface area contributed by atoms with E-state index in [0.29, 0.717) is 18.9 Å². The normalized spacial score (nSPS) is 10.7. The number of nitrogens with one attached hydrogen (secondary N) is 1. The van der Waals surface area contributed by atoms with Gasteiger partial charge in [0, 0.05) is 5.69 Å². The third kappa shape index (κ3) is 5.67. The van der Waals surface area contributed by atoms with Gasteiger partial charge in [0.1, 0.15) is 23.1 Å². The highest BCUT2D eigenvalue weighted by Gasteiger charge is 2.09. The number of anilines is 1. The zero-order valence-corrected chi connectivity index (χ0v) is 15.0. The largest absolute Gasteiger partial charge is 0.494 e. The van der Waals surface area contributed by atoms with Crippen molar-refractivity contribution in [2.45, 2.75) is 20.3 Å². The molecule has 0 atom stereocenters. The summed E-state index contributed by atoms with van der Waals surface area (Å²) in [6.45, 7) is 5.18. The van der Waals surface area contributed by atoms with E-state index >= 15 is 0 Å². The summed E-state index contributed by atoms with van der Waals surface area (Å²) < 4.78 is 10.9. The Bertz CT molecular complexity index is 788. The zero-order chi connectivity index (χ0) is 18.8. The molecule has 0 aliphatic heterocycles. The van der Waals surface area contributed by atoms with Gasteiger partial charge in [0.05, 0.1) is 13.2 Å². The Morgan fingerprint density at radius 1 is 1.04 bits per heavy atom. The minimum absolute atomic E-state index is 0.0288. The summed E-state index contributed by atoms with van der Waals surface area (Å²) in [5.74, 6) is 1.04. The van der Waals surface area contributed by atoms with Crippen LogP contribution >= 0.6 is 0 Å². The predicted molar refractivity (Wildman–Crippen MR) is 102 cm³/mol. The van der Waals surface area contributed by atoms with Crippen LogP contribution in [0.3, 0.4) is 0 Å². The van der Waals surface area contributed by atoms with E-state index in [1.165, 1.54) is 0 Å². The third-order valence-corrected chi connectivity index (χ3v) is 3.45. The van der Waals surface area contributed by atoms with Crippen LogP contribution in [0.5, 0.6) is 11.5 Å². The molecule has 1 amide bonds. The molecule has 0 saturated heterocycles. The van der Waals surface area contributed by atoms with E-state index in [1.807, 2.05) is 44.2 Å². The second-order valence-corrected chi connectivity index (χ2v) is 5.50. The predicted octanol–water partition coefficient (Wildman–Crippen LogP) is 4.42. The fourth-order valence-corrected chi connectivity index (χ4v) is 2.20. The smallest absolute Gasteiger partial charge is 0.266 e. The summed E-state index contributed by atoms with van der Waals surface area (Å²) in [7, 11) is 0. The number of hydrogen-bond donors (Lipinski definition) is 1. The highest BCUT2D eigenvalue weighted by Crippen LogP contribution is 2.18. The number of hydrogen-bond acceptors (Lipinski definition) is 4. The van der Waals surface area contributed by atoms with Gasteiger partial charge in [-0.15, -0.1) is 0 Å². The van der Waals surface area contributed by atoms with Crippen LogP contribution in [0.2, 0.25) is 0 Å². The van der Waals surface area contributed by atoms with Crippen molar-refractivity contribution in [3.05, 3.63) is 59.7 Å². The molecule has 5 nitrogen and oxygen atoms in total. The number of nitrogens with zero attached hydrogens (tertiary/aromatic N) is 1. The van der Waals surface area contributed by atoms with Crippen molar-refractivity contribution >= 4 is 17.7 Å². The van der Waals surface area contributed by atoms with E-state index in [9.17, 15) is 10.1 Å². The van der Waals surface area contributed by atoms with E-state index in [2.05, 4.69) is 5.32 Å². The Balaban J connectivity index is 2.05. The molecular formula is C21H22N2O3. The molecular weight excluding hydrogens is 328 g/mol. The Kier molecular flexibility index (Phi) is 7.26. The van der Waals surface area contributed by atoms with Crippen LogP contribution in [-0.4, -0.2) is 19.1 Å². The Hall–Kier alpha value is -3.26. The van der Waals surface area contributed by atoms with E-state index in [0.717, 1.165) is 23.5 Å². The molecule has 134 valence electrons. The lowest BCUT2D eigenvalue weighted by molar-refractivity contribution is -0.112. The van der Waals surface area contributed by atoms with Crippen LogP contribution in [0.15, 0.2) is 54.1 Å². The Labute approximate surface area is 153 Å². The molecule has 0 unspecified atom stereocenters. The minimum Gasteiger partial charge on any atom is -0.494 e. The Morgan fingerprint density at radius 2 is 1.65 bits per heavy atom. The molecule has 0 aromatic heterocycles. The molecule has 26 heavy (non-hydrogen) atoms. The van der Waals surface area contributed by atoms with Crippen molar-refractivity contribution in [3.8, 4) is 17.6 Å². The molecule has 0 heterocycles. The fraction of sp³-hybridized carbons (Fsp3) is 0.238. The van der Waals surface area contributed by atoms with Crippen LogP contribution < -0.4 is 14.8 Å². The summed E-state index contributed by atoms with van der Waals surface area (Å²) in [4.78, 5) is 12.3. The van der Waals surface area contributed by atoms with Crippen LogP contribution in [-0.2, 0) is 4.79 Å². The van der Waals surface area contributed by atoms with Gasteiger partial charge in [0.2, 0.25) is 0 Å². The lowest BCUT2D eigenvalue weighted by Crippen LogP contribution is -2.13. The highest BCUT2D eigenvalue weighted by molar-refractivity contribution is 6.09. The number of ether oxygens (including phenoxy) is 2. The van der Waals surface area contributed by atoms with Crippen molar-refractivity contribution in [3.63, 3.8) is 0 Å². The van der Waals surface area contributed by atoms with Gasteiger partial charge in [-0.1, -0.05) is 19.1 Å². The molecule has 0 spiro atoms. The number of amides is 1. The van der Waals surface area contributed by atoms with Gasteiger partial charge in [-0.2, -0.15) is 5.26 Å². The van der Waals surface area contributed by atoms with Gasteiger partial charge in [-0.05, 0) is 61.4 Å². The van der Waals surface area contributed by atoms with Crippen LogP contribution in [0, 0.1) is 11.3 Å². The van der Waals surface area contributed by atoms with Crippen molar-refractivity contribution < 1.29 is 14.3 Å². The first-order valence-corrected chi connectivity index (χ1v) is 8.55. The number of carbonyl (C=O) groups is 1. The lowest BCUT2D eigenvalue weighted by atomic mass is 10.1. The minimum atomic E-state index is -0.456. The van der Waals surface area contributed by atoms with Crippen molar-refractivity contribution in [1.29, 1.82) is 5.26 Å². The molecule has 0 aliphatic carbocycles. The fourth-order valence-electron chi connectivity index (χ4n) is 2.20. The quantitative estimate of drug-likeness (QED) is 0.565. The van der Waals surface area contributed by atoms with Gasteiger partial charge in [0.15, 0.2) is 0 Å². The molecule has 0 aliphatic rings. The molecule has 0 radical (unpaired) electrons. The third-order valence-electron chi connectivity index (χ3n) is 3.45. The first-order chi connectivity index (χ1) is 12.7. The summed E-state index contributed by atoms with van der Waals surface area (Å²) in [6.07, 6.45) is 2.49. The van der Waals surface area contributed by atoms with Gasteiger partial charge < -0.3 is 14.8 Å².